The largest absolute Gasteiger partial charge is 0.340 e. The summed E-state index contributed by atoms with van der Waals surface area (Å²) in [6.07, 6.45) is 3.55. The van der Waals surface area contributed by atoms with Crippen LogP contribution in [0.5, 0.6) is 0 Å². The fraction of sp³-hybridized carbons (Fsp3) is 0.182. The van der Waals surface area contributed by atoms with Crippen LogP contribution in [0.15, 0.2) is 24.4 Å². The molecule has 0 radical (unpaired) electrons. The summed E-state index contributed by atoms with van der Waals surface area (Å²) in [4.78, 5) is 1.68. The maximum absolute atomic E-state index is 7.38. The molecule has 1 rings (SSSR count). The molecule has 4 heteroatoms. The van der Waals surface area contributed by atoms with Crippen molar-refractivity contribution in [1.29, 1.82) is 5.41 Å². The molecule has 0 saturated carbocycles. The molecule has 15 heavy (non-hydrogen) atoms. The van der Waals surface area contributed by atoms with Gasteiger partial charge in [0, 0.05) is 28.9 Å². The molecular formula is C11H12Cl2N2. The fourth-order valence-electron chi connectivity index (χ4n) is 0.968. The molecule has 0 aliphatic heterocycles. The Morgan fingerprint density at radius 3 is 2.33 bits per heavy atom. The molecular weight excluding hydrogens is 231 g/mol. The van der Waals surface area contributed by atoms with E-state index in [-0.39, 0.29) is 0 Å². The minimum atomic E-state index is 0.453. The lowest BCUT2D eigenvalue weighted by molar-refractivity contribution is 0.682. The highest BCUT2D eigenvalue weighted by molar-refractivity contribution is 6.37. The first-order valence-corrected chi connectivity index (χ1v) is 5.18. The Hall–Kier alpha value is -0.990. The van der Waals surface area contributed by atoms with Gasteiger partial charge >= 0.3 is 0 Å². The standard InChI is InChI=1S/C11H12Cl2N2/c1-8(14)15(2)7-6-9-10(12)4-3-5-11(9)13/h3-7,14H,1-2H3. The van der Waals surface area contributed by atoms with Crippen LogP contribution in [0.2, 0.25) is 10.0 Å². The number of halogens is 2. The van der Waals surface area contributed by atoms with Gasteiger partial charge in [-0.25, -0.2) is 0 Å². The molecule has 0 spiro atoms. The normalized spacial score (nSPS) is 10.7. The van der Waals surface area contributed by atoms with Crippen molar-refractivity contribution in [2.24, 2.45) is 0 Å². The lowest BCUT2D eigenvalue weighted by Crippen LogP contribution is -2.15. The van der Waals surface area contributed by atoms with Crippen LogP contribution < -0.4 is 0 Å². The zero-order valence-corrected chi connectivity index (χ0v) is 10.1. The number of benzene rings is 1. The predicted octanol–water partition coefficient (Wildman–Crippen LogP) is 3.89. The van der Waals surface area contributed by atoms with Gasteiger partial charge in [-0.05, 0) is 25.1 Å². The third kappa shape index (κ3) is 3.26. The van der Waals surface area contributed by atoms with Gasteiger partial charge in [-0.2, -0.15) is 0 Å². The van der Waals surface area contributed by atoms with E-state index >= 15 is 0 Å². The van der Waals surface area contributed by atoms with Crippen molar-refractivity contribution in [1.82, 2.24) is 4.90 Å². The smallest absolute Gasteiger partial charge is 0.0963 e. The maximum atomic E-state index is 7.38. The van der Waals surface area contributed by atoms with E-state index < -0.39 is 0 Å². The van der Waals surface area contributed by atoms with Crippen molar-refractivity contribution in [2.75, 3.05) is 7.05 Å². The van der Waals surface area contributed by atoms with Crippen LogP contribution >= 0.6 is 23.2 Å². The first kappa shape index (κ1) is 12.1. The Labute approximate surface area is 99.6 Å². The Kier molecular flexibility index (Phi) is 4.18. The molecule has 0 atom stereocenters. The van der Waals surface area contributed by atoms with Crippen molar-refractivity contribution in [2.45, 2.75) is 6.92 Å². The molecule has 0 aliphatic rings. The fourth-order valence-corrected chi connectivity index (χ4v) is 1.49. The third-order valence-electron chi connectivity index (χ3n) is 1.99. The van der Waals surface area contributed by atoms with Crippen molar-refractivity contribution in [3.05, 3.63) is 40.0 Å². The van der Waals surface area contributed by atoms with Crippen molar-refractivity contribution >= 4 is 35.1 Å². The summed E-state index contributed by atoms with van der Waals surface area (Å²) in [5.74, 6) is 0.453. The van der Waals surface area contributed by atoms with Gasteiger partial charge in [0.1, 0.15) is 0 Å². The second-order valence-corrected chi connectivity index (χ2v) is 3.96. The zero-order valence-electron chi connectivity index (χ0n) is 8.59. The molecule has 0 bridgehead atoms. The molecule has 2 nitrogen and oxygen atoms in total. The van der Waals surface area contributed by atoms with Crippen LogP contribution in [0.3, 0.4) is 0 Å². The highest BCUT2D eigenvalue weighted by atomic mass is 35.5. The van der Waals surface area contributed by atoms with E-state index in [0.29, 0.717) is 15.9 Å². The summed E-state index contributed by atoms with van der Waals surface area (Å²) in [6.45, 7) is 1.71. The van der Waals surface area contributed by atoms with E-state index in [1.54, 1.807) is 49.3 Å². The third-order valence-corrected chi connectivity index (χ3v) is 2.65. The Morgan fingerprint density at radius 2 is 1.87 bits per heavy atom. The van der Waals surface area contributed by atoms with Crippen LogP contribution in [-0.4, -0.2) is 17.8 Å². The van der Waals surface area contributed by atoms with E-state index in [1.807, 2.05) is 0 Å². The van der Waals surface area contributed by atoms with Gasteiger partial charge in [-0.3, -0.25) is 5.41 Å². The number of nitrogens with one attached hydrogen (secondary N) is 1. The highest BCUT2D eigenvalue weighted by Crippen LogP contribution is 2.25. The van der Waals surface area contributed by atoms with Crippen LogP contribution in [0.4, 0.5) is 0 Å². The predicted molar refractivity (Wildman–Crippen MR) is 66.7 cm³/mol. The van der Waals surface area contributed by atoms with E-state index in [0.717, 1.165) is 5.56 Å². The van der Waals surface area contributed by atoms with Crippen LogP contribution in [0.25, 0.3) is 6.08 Å². The van der Waals surface area contributed by atoms with Gasteiger partial charge in [-0.1, -0.05) is 29.3 Å². The molecule has 80 valence electrons. The Bertz CT molecular complexity index is 379. The van der Waals surface area contributed by atoms with Gasteiger partial charge in [0.25, 0.3) is 0 Å². The van der Waals surface area contributed by atoms with Gasteiger partial charge in [-0.15, -0.1) is 0 Å². The van der Waals surface area contributed by atoms with Gasteiger partial charge in [0.05, 0.1) is 5.84 Å². The topological polar surface area (TPSA) is 27.1 Å². The molecule has 0 saturated heterocycles. The Balaban J connectivity index is 2.94. The second-order valence-electron chi connectivity index (χ2n) is 3.15. The van der Waals surface area contributed by atoms with Crippen molar-refractivity contribution in [3.8, 4) is 0 Å². The molecule has 1 N–H and O–H groups in total. The minimum absolute atomic E-state index is 0.453. The first-order chi connectivity index (χ1) is 7.02. The molecule has 1 aromatic rings. The molecule has 0 heterocycles. The summed E-state index contributed by atoms with van der Waals surface area (Å²) < 4.78 is 0. The quantitative estimate of drug-likeness (QED) is 0.619. The monoisotopic (exact) mass is 242 g/mol. The average molecular weight is 243 g/mol. The van der Waals surface area contributed by atoms with Crippen LogP contribution in [-0.2, 0) is 0 Å². The van der Waals surface area contributed by atoms with Gasteiger partial charge < -0.3 is 4.90 Å². The van der Waals surface area contributed by atoms with E-state index in [9.17, 15) is 0 Å². The summed E-state index contributed by atoms with van der Waals surface area (Å²) in [7, 11) is 1.80. The number of nitrogens with zero attached hydrogens (tertiary/aromatic N) is 1. The summed E-state index contributed by atoms with van der Waals surface area (Å²) in [6, 6.07) is 5.36. The molecule has 0 fully saturated rings. The summed E-state index contributed by atoms with van der Waals surface area (Å²) in [5.41, 5.74) is 0.772. The first-order valence-electron chi connectivity index (χ1n) is 4.42. The maximum Gasteiger partial charge on any atom is 0.0963 e. The van der Waals surface area contributed by atoms with Crippen molar-refractivity contribution in [3.63, 3.8) is 0 Å². The van der Waals surface area contributed by atoms with Crippen molar-refractivity contribution < 1.29 is 0 Å². The van der Waals surface area contributed by atoms with Gasteiger partial charge in [0.2, 0.25) is 0 Å². The van der Waals surface area contributed by atoms with E-state index in [2.05, 4.69) is 0 Å². The number of rotatable bonds is 2. The second kappa shape index (κ2) is 5.19. The number of hydrogen-bond donors (Lipinski definition) is 1. The molecule has 0 amide bonds. The lowest BCUT2D eigenvalue weighted by atomic mass is 10.2. The average Bonchev–Trinajstić information content (AvgIpc) is 2.16. The Morgan fingerprint density at radius 1 is 1.33 bits per heavy atom. The lowest BCUT2D eigenvalue weighted by Gasteiger charge is -2.11. The zero-order chi connectivity index (χ0) is 11.4. The van der Waals surface area contributed by atoms with Gasteiger partial charge in [0.15, 0.2) is 0 Å². The molecule has 0 aliphatic carbocycles. The molecule has 1 aromatic carbocycles. The van der Waals surface area contributed by atoms with E-state index in [1.165, 1.54) is 0 Å². The SMILES string of the molecule is CC(=N)N(C)C=Cc1c(Cl)cccc1Cl. The molecule has 0 aromatic heterocycles. The number of amidine groups is 1. The molecule has 0 unspecified atom stereocenters. The van der Waals surface area contributed by atoms with Crippen LogP contribution in [0.1, 0.15) is 12.5 Å². The summed E-state index contributed by atoms with van der Waals surface area (Å²) in [5, 5.41) is 8.59. The minimum Gasteiger partial charge on any atom is -0.340 e. The summed E-state index contributed by atoms with van der Waals surface area (Å²) >= 11 is 12.0. The van der Waals surface area contributed by atoms with Crippen LogP contribution in [0, 0.1) is 5.41 Å². The van der Waals surface area contributed by atoms with E-state index in [4.69, 9.17) is 28.6 Å². The number of hydrogen-bond acceptors (Lipinski definition) is 1. The highest BCUT2D eigenvalue weighted by Gasteiger charge is 2.01.